The number of guanidine groups is 1. The Hall–Kier alpha value is -2.49. The number of nitrogens with one attached hydrogen (secondary N) is 4. The fourth-order valence-corrected chi connectivity index (χ4v) is 7.20. The van der Waals surface area contributed by atoms with Gasteiger partial charge in [0.1, 0.15) is 24.9 Å². The molecule has 2 atom stereocenters. The summed E-state index contributed by atoms with van der Waals surface area (Å²) in [6, 6.07) is 5.88. The predicted octanol–water partition coefficient (Wildman–Crippen LogP) is 4.26. The van der Waals surface area contributed by atoms with Crippen LogP contribution in [0.15, 0.2) is 29.4 Å². The van der Waals surface area contributed by atoms with Crippen LogP contribution < -0.4 is 26.0 Å². The van der Waals surface area contributed by atoms with Crippen molar-refractivity contribution >= 4 is 29.9 Å². The molecule has 1 fully saturated rings. The van der Waals surface area contributed by atoms with Crippen molar-refractivity contribution in [3.8, 4) is 5.75 Å². The predicted molar refractivity (Wildman–Crippen MR) is 134 cm³/mol. The highest BCUT2D eigenvalue weighted by molar-refractivity contribution is 7.71. The molecule has 4 rings (SSSR count). The maximum absolute atomic E-state index is 13.7. The van der Waals surface area contributed by atoms with Gasteiger partial charge in [-0.25, -0.2) is 4.99 Å². The Balaban J connectivity index is 1.54. The van der Waals surface area contributed by atoms with Crippen LogP contribution in [0.1, 0.15) is 37.6 Å². The molecule has 0 bridgehead atoms. The van der Waals surface area contributed by atoms with E-state index in [9.17, 15) is 17.7 Å². The second-order valence-corrected chi connectivity index (χ2v) is 12.1. The fraction of sp³-hybridized carbons (Fsp3) is 0.522. The molecule has 0 spiro atoms. The molecular formula is C23H32F3N6O2P. The number of ether oxygens (including phenoxy) is 1. The monoisotopic (exact) mass is 512 g/mol. The van der Waals surface area contributed by atoms with Crippen molar-refractivity contribution in [3.63, 3.8) is 0 Å². The summed E-state index contributed by atoms with van der Waals surface area (Å²) in [7, 11) is 0.529. The number of halogens is 3. The first-order valence-electron chi connectivity index (χ1n) is 11.7. The topological polar surface area (TPSA) is 93.8 Å². The number of nitrogens with zero attached hydrogens (tertiary/aromatic N) is 2. The molecule has 2 aromatic rings. The van der Waals surface area contributed by atoms with Gasteiger partial charge >= 0.3 is 6.18 Å². The van der Waals surface area contributed by atoms with Crippen molar-refractivity contribution in [1.29, 1.82) is 0 Å². The molecule has 12 heteroatoms. The number of H-pyrrole nitrogens is 1. The zero-order chi connectivity index (χ0) is 25.4. The third kappa shape index (κ3) is 5.08. The molecule has 8 nitrogen and oxygen atoms in total. The minimum absolute atomic E-state index is 0.00898. The number of methoxy groups -OCH3 is 1. The average molecular weight is 513 g/mol. The SMILES string of the molecule is CCC(C)N1CCP(=O)(c2ccc(NC3=NC(NC)c4c(C(F)(F)F)c[nH]c4N3)c(OC)c2)CC1. The van der Waals surface area contributed by atoms with Crippen molar-refractivity contribution in [3.05, 3.63) is 35.5 Å². The van der Waals surface area contributed by atoms with Gasteiger partial charge in [0.2, 0.25) is 5.96 Å². The third-order valence-corrected chi connectivity index (χ3v) is 9.96. The Morgan fingerprint density at radius 2 is 2.03 bits per heavy atom. The Kier molecular flexibility index (Phi) is 7.22. The molecule has 192 valence electrons. The van der Waals surface area contributed by atoms with Crippen LogP contribution in [-0.4, -0.2) is 61.5 Å². The van der Waals surface area contributed by atoms with Crippen LogP contribution >= 0.6 is 7.14 Å². The van der Waals surface area contributed by atoms with Gasteiger partial charge in [0, 0.05) is 48.5 Å². The first-order valence-corrected chi connectivity index (χ1v) is 13.8. The quantitative estimate of drug-likeness (QED) is 0.433. The first-order chi connectivity index (χ1) is 16.6. The molecule has 3 heterocycles. The molecule has 1 saturated heterocycles. The van der Waals surface area contributed by atoms with Gasteiger partial charge in [-0.2, -0.15) is 13.2 Å². The van der Waals surface area contributed by atoms with E-state index in [4.69, 9.17) is 4.74 Å². The summed E-state index contributed by atoms with van der Waals surface area (Å²) in [6.07, 6.45) is -2.15. The van der Waals surface area contributed by atoms with Gasteiger partial charge in [0.05, 0.1) is 18.4 Å². The summed E-state index contributed by atoms with van der Waals surface area (Å²) >= 11 is 0. The smallest absolute Gasteiger partial charge is 0.418 e. The number of alkyl halides is 3. The summed E-state index contributed by atoms with van der Waals surface area (Å²) in [5.74, 6) is 0.954. The number of aliphatic imine (C=N–C) groups is 1. The lowest BCUT2D eigenvalue weighted by Gasteiger charge is -2.36. The van der Waals surface area contributed by atoms with Gasteiger partial charge in [0.25, 0.3) is 0 Å². The summed E-state index contributed by atoms with van der Waals surface area (Å²) in [6.45, 7) is 5.96. The second-order valence-electron chi connectivity index (χ2n) is 8.92. The Morgan fingerprint density at radius 1 is 1.31 bits per heavy atom. The minimum Gasteiger partial charge on any atom is -0.495 e. The van der Waals surface area contributed by atoms with Crippen molar-refractivity contribution < 1.29 is 22.5 Å². The number of fused-ring (bicyclic) bond motifs is 1. The Morgan fingerprint density at radius 3 is 2.63 bits per heavy atom. The van der Waals surface area contributed by atoms with Crippen molar-refractivity contribution in [1.82, 2.24) is 15.2 Å². The van der Waals surface area contributed by atoms with Gasteiger partial charge in [-0.05, 0) is 38.6 Å². The fourth-order valence-electron chi connectivity index (χ4n) is 4.60. The highest BCUT2D eigenvalue weighted by Gasteiger charge is 2.39. The molecule has 1 aromatic carbocycles. The lowest BCUT2D eigenvalue weighted by atomic mass is 10.1. The molecule has 2 aliphatic rings. The number of hydrogen-bond acceptors (Lipinski definition) is 7. The molecule has 1 aromatic heterocycles. The molecule has 0 saturated carbocycles. The number of anilines is 2. The third-order valence-electron chi connectivity index (χ3n) is 6.89. The average Bonchev–Trinajstić information content (AvgIpc) is 3.28. The number of benzene rings is 1. The highest BCUT2D eigenvalue weighted by atomic mass is 31.2. The molecule has 2 aliphatic heterocycles. The largest absolute Gasteiger partial charge is 0.495 e. The highest BCUT2D eigenvalue weighted by Crippen LogP contribution is 2.48. The number of aromatic nitrogens is 1. The summed E-state index contributed by atoms with van der Waals surface area (Å²) in [5, 5.41) is 9.58. The van der Waals surface area contributed by atoms with Gasteiger partial charge in [-0.1, -0.05) is 6.92 Å². The zero-order valence-corrected chi connectivity index (χ0v) is 21.2. The summed E-state index contributed by atoms with van der Waals surface area (Å²) in [5.41, 5.74) is -0.198. The molecule has 0 aliphatic carbocycles. The maximum atomic E-state index is 13.7. The van der Waals surface area contributed by atoms with Crippen molar-refractivity contribution in [2.45, 2.75) is 38.7 Å². The minimum atomic E-state index is -4.50. The van der Waals surface area contributed by atoms with Crippen LogP contribution in [0.5, 0.6) is 5.75 Å². The molecule has 2 unspecified atom stereocenters. The summed E-state index contributed by atoms with van der Waals surface area (Å²) in [4.78, 5) is 9.40. The first kappa shape index (κ1) is 25.6. The van der Waals surface area contributed by atoms with Crippen molar-refractivity contribution in [2.75, 3.05) is 50.2 Å². The van der Waals surface area contributed by atoms with Crippen molar-refractivity contribution in [2.24, 2.45) is 4.99 Å². The van der Waals surface area contributed by atoms with Gasteiger partial charge in [-0.3, -0.25) is 10.2 Å². The molecule has 35 heavy (non-hydrogen) atoms. The number of hydrogen-bond donors (Lipinski definition) is 4. The Labute approximate surface area is 203 Å². The normalized spacial score (nSPS) is 21.0. The van der Waals surface area contributed by atoms with E-state index in [-0.39, 0.29) is 17.3 Å². The van der Waals surface area contributed by atoms with E-state index in [1.165, 1.54) is 7.11 Å². The van der Waals surface area contributed by atoms with Gasteiger partial charge in [-0.15, -0.1) is 0 Å². The zero-order valence-electron chi connectivity index (χ0n) is 20.3. The standard InChI is InChI=1S/C23H32F3N6O2P/c1-5-14(2)32-8-10-35(33,11-9-32)15-6-7-17(18(12-15)34-4)29-22-30-20(27-3)19-16(23(24,25)26)13-28-21(19)31-22/h6-7,12-14,20,27-28H,5,8-11H2,1-4H3,(H2,29,30,31). The van der Waals surface area contributed by atoms with Crippen LogP contribution in [0.25, 0.3) is 0 Å². The molecule has 4 N–H and O–H groups in total. The van der Waals surface area contributed by atoms with Crippen LogP contribution in [0.4, 0.5) is 24.7 Å². The van der Waals surface area contributed by atoms with E-state index in [1.54, 1.807) is 19.2 Å². The molecular weight excluding hydrogens is 480 g/mol. The van der Waals surface area contributed by atoms with Gasteiger partial charge in [0.15, 0.2) is 0 Å². The lowest BCUT2D eigenvalue weighted by molar-refractivity contribution is -0.138. The van der Waals surface area contributed by atoms with E-state index in [1.807, 2.05) is 6.07 Å². The lowest BCUT2D eigenvalue weighted by Crippen LogP contribution is -2.42. The maximum Gasteiger partial charge on any atom is 0.418 e. The van der Waals surface area contributed by atoms with Crippen LogP contribution in [0, 0.1) is 0 Å². The molecule has 0 amide bonds. The molecule has 0 radical (unpaired) electrons. The number of rotatable bonds is 6. The van der Waals surface area contributed by atoms with Crippen LogP contribution in [-0.2, 0) is 10.7 Å². The van der Waals surface area contributed by atoms with Crippen LogP contribution in [0.3, 0.4) is 0 Å². The number of aromatic amines is 1. The van der Waals surface area contributed by atoms with E-state index in [0.29, 0.717) is 29.8 Å². The Bertz CT molecular complexity index is 1140. The summed E-state index contributed by atoms with van der Waals surface area (Å²) < 4.78 is 59.4. The van der Waals surface area contributed by atoms with E-state index in [2.05, 4.69) is 44.7 Å². The van der Waals surface area contributed by atoms with E-state index < -0.39 is 25.0 Å². The van der Waals surface area contributed by atoms with Crippen LogP contribution in [0.2, 0.25) is 0 Å². The second kappa shape index (κ2) is 9.87. The van der Waals surface area contributed by atoms with E-state index >= 15 is 0 Å². The van der Waals surface area contributed by atoms with E-state index in [0.717, 1.165) is 31.0 Å². The van der Waals surface area contributed by atoms with Gasteiger partial charge < -0.3 is 24.9 Å².